The molecular formula is C21H21N3O4. The predicted octanol–water partition coefficient (Wildman–Crippen LogP) is 3.13. The summed E-state index contributed by atoms with van der Waals surface area (Å²) in [5, 5.41) is 7.14. The van der Waals surface area contributed by atoms with Crippen molar-refractivity contribution < 1.29 is 14.3 Å². The van der Waals surface area contributed by atoms with Crippen LogP contribution in [0.15, 0.2) is 65.5 Å². The number of carbonyl (C=O) groups is 1. The molecule has 1 heterocycles. The maximum atomic E-state index is 12.7. The second-order valence-electron chi connectivity index (χ2n) is 6.13. The first-order valence-electron chi connectivity index (χ1n) is 8.71. The Labute approximate surface area is 162 Å². The molecule has 3 rings (SSSR count). The number of hydrogen-bond donors (Lipinski definition) is 1. The molecule has 7 heteroatoms. The van der Waals surface area contributed by atoms with E-state index in [0.717, 1.165) is 5.56 Å². The van der Waals surface area contributed by atoms with Gasteiger partial charge in [-0.2, -0.15) is 5.10 Å². The summed E-state index contributed by atoms with van der Waals surface area (Å²) >= 11 is 0. The molecule has 1 N–H and O–H groups in total. The largest absolute Gasteiger partial charge is 0.497 e. The van der Waals surface area contributed by atoms with Crippen LogP contribution in [0.1, 0.15) is 13.0 Å². The molecule has 7 nitrogen and oxygen atoms in total. The molecule has 2 aromatic carbocycles. The zero-order valence-electron chi connectivity index (χ0n) is 15.9. The lowest BCUT2D eigenvalue weighted by Crippen LogP contribution is -2.33. The van der Waals surface area contributed by atoms with Crippen molar-refractivity contribution in [2.45, 2.75) is 13.0 Å². The van der Waals surface area contributed by atoms with Crippen molar-refractivity contribution in [2.24, 2.45) is 0 Å². The standard InChI is InChI=1S/C21H21N3O4/c1-14(21(26)22-16-11-17(27-2)13-18(12-16)28-3)24-20(25)10-9-19(23-24)15-7-5-4-6-8-15/h4-14H,1-3H3,(H,22,26)/t14-/m0/s1. The molecule has 0 radical (unpaired) electrons. The first-order chi connectivity index (χ1) is 13.5. The Morgan fingerprint density at radius 2 is 1.64 bits per heavy atom. The lowest BCUT2D eigenvalue weighted by atomic mass is 10.1. The van der Waals surface area contributed by atoms with Crippen LogP contribution in [0.25, 0.3) is 11.3 Å². The number of nitrogens with one attached hydrogen (secondary N) is 1. The average Bonchev–Trinajstić information content (AvgIpc) is 2.73. The summed E-state index contributed by atoms with van der Waals surface area (Å²) in [6, 6.07) is 16.7. The highest BCUT2D eigenvalue weighted by Gasteiger charge is 2.19. The van der Waals surface area contributed by atoms with Gasteiger partial charge in [-0.15, -0.1) is 0 Å². The molecule has 28 heavy (non-hydrogen) atoms. The van der Waals surface area contributed by atoms with Crippen LogP contribution in [0.3, 0.4) is 0 Å². The van der Waals surface area contributed by atoms with Crippen LogP contribution in [0, 0.1) is 0 Å². The topological polar surface area (TPSA) is 82.5 Å². The van der Waals surface area contributed by atoms with Crippen LogP contribution < -0.4 is 20.3 Å². The number of hydrogen-bond acceptors (Lipinski definition) is 5. The van der Waals surface area contributed by atoms with Crippen LogP contribution in [0.4, 0.5) is 5.69 Å². The molecule has 0 aliphatic heterocycles. The van der Waals surface area contributed by atoms with Gasteiger partial charge in [-0.3, -0.25) is 9.59 Å². The normalized spacial score (nSPS) is 11.5. The molecule has 0 bridgehead atoms. The van der Waals surface area contributed by atoms with E-state index in [-0.39, 0.29) is 11.5 Å². The molecule has 0 fully saturated rings. The number of nitrogens with zero attached hydrogens (tertiary/aromatic N) is 2. The van der Waals surface area contributed by atoms with Gasteiger partial charge in [0.1, 0.15) is 17.5 Å². The van der Waals surface area contributed by atoms with Gasteiger partial charge in [-0.25, -0.2) is 4.68 Å². The summed E-state index contributed by atoms with van der Waals surface area (Å²) < 4.78 is 11.6. The number of amides is 1. The van der Waals surface area contributed by atoms with Crippen LogP contribution in [-0.4, -0.2) is 29.9 Å². The van der Waals surface area contributed by atoms with Crippen LogP contribution in [0.5, 0.6) is 11.5 Å². The summed E-state index contributed by atoms with van der Waals surface area (Å²) in [5.74, 6) is 0.711. The first kappa shape index (κ1) is 19.2. The molecule has 144 valence electrons. The molecule has 0 aliphatic carbocycles. The maximum absolute atomic E-state index is 12.7. The summed E-state index contributed by atoms with van der Waals surface area (Å²) in [6.07, 6.45) is 0. The zero-order valence-corrected chi connectivity index (χ0v) is 15.9. The van der Waals surface area contributed by atoms with E-state index in [1.54, 1.807) is 31.2 Å². The monoisotopic (exact) mass is 379 g/mol. The smallest absolute Gasteiger partial charge is 0.267 e. The molecule has 1 aromatic heterocycles. The van der Waals surface area contributed by atoms with E-state index in [2.05, 4.69) is 10.4 Å². The molecule has 3 aromatic rings. The Kier molecular flexibility index (Phi) is 5.74. The van der Waals surface area contributed by atoms with Crippen molar-refractivity contribution in [3.05, 3.63) is 71.0 Å². The molecule has 0 spiro atoms. The van der Waals surface area contributed by atoms with Gasteiger partial charge >= 0.3 is 0 Å². The second-order valence-corrected chi connectivity index (χ2v) is 6.13. The third-order valence-electron chi connectivity index (χ3n) is 4.26. The minimum absolute atomic E-state index is 0.356. The third-order valence-corrected chi connectivity index (χ3v) is 4.26. The lowest BCUT2D eigenvalue weighted by Gasteiger charge is -2.16. The van der Waals surface area contributed by atoms with Gasteiger partial charge in [0.25, 0.3) is 5.56 Å². The second kappa shape index (κ2) is 8.39. The summed E-state index contributed by atoms with van der Waals surface area (Å²) in [4.78, 5) is 25.0. The van der Waals surface area contributed by atoms with Gasteiger partial charge in [0.2, 0.25) is 5.91 Å². The molecule has 0 aliphatic rings. The highest BCUT2D eigenvalue weighted by molar-refractivity contribution is 5.93. The Morgan fingerprint density at radius 1 is 1.00 bits per heavy atom. The van der Waals surface area contributed by atoms with Crippen LogP contribution in [0.2, 0.25) is 0 Å². The number of methoxy groups -OCH3 is 2. The van der Waals surface area contributed by atoms with Crippen LogP contribution in [-0.2, 0) is 4.79 Å². The van der Waals surface area contributed by atoms with E-state index in [4.69, 9.17) is 9.47 Å². The fraction of sp³-hybridized carbons (Fsp3) is 0.190. The predicted molar refractivity (Wildman–Crippen MR) is 107 cm³/mol. The highest BCUT2D eigenvalue weighted by atomic mass is 16.5. The van der Waals surface area contributed by atoms with Crippen molar-refractivity contribution in [1.82, 2.24) is 9.78 Å². The number of aromatic nitrogens is 2. The van der Waals surface area contributed by atoms with Crippen molar-refractivity contribution in [2.75, 3.05) is 19.5 Å². The van der Waals surface area contributed by atoms with Crippen molar-refractivity contribution in [1.29, 1.82) is 0 Å². The molecule has 0 saturated heterocycles. The quantitative estimate of drug-likeness (QED) is 0.712. The van der Waals surface area contributed by atoms with E-state index in [9.17, 15) is 9.59 Å². The van der Waals surface area contributed by atoms with E-state index in [1.165, 1.54) is 25.0 Å². The summed E-state index contributed by atoms with van der Waals surface area (Å²) in [7, 11) is 3.06. The third kappa shape index (κ3) is 4.20. The number of carbonyl (C=O) groups excluding carboxylic acids is 1. The Bertz CT molecular complexity index is 1010. The summed E-state index contributed by atoms with van der Waals surface area (Å²) in [5.41, 5.74) is 1.62. The van der Waals surface area contributed by atoms with Crippen LogP contribution >= 0.6 is 0 Å². The highest BCUT2D eigenvalue weighted by Crippen LogP contribution is 2.26. The van der Waals surface area contributed by atoms with Crippen molar-refractivity contribution in [3.8, 4) is 22.8 Å². The van der Waals surface area contributed by atoms with Gasteiger partial charge in [0, 0.05) is 35.5 Å². The molecule has 1 amide bonds. The Balaban J connectivity index is 1.87. The fourth-order valence-corrected chi connectivity index (χ4v) is 2.70. The molecule has 0 saturated carbocycles. The molecule has 1 atom stereocenters. The Hall–Kier alpha value is -3.61. The number of ether oxygens (including phenoxy) is 2. The average molecular weight is 379 g/mol. The number of benzene rings is 2. The Morgan fingerprint density at radius 3 is 2.25 bits per heavy atom. The molecule has 0 unspecified atom stereocenters. The SMILES string of the molecule is COc1cc(NC(=O)[C@H](C)n2nc(-c3ccccc3)ccc2=O)cc(OC)c1. The van der Waals surface area contributed by atoms with Gasteiger partial charge in [0.05, 0.1) is 19.9 Å². The van der Waals surface area contributed by atoms with Crippen molar-refractivity contribution in [3.63, 3.8) is 0 Å². The van der Waals surface area contributed by atoms with Gasteiger partial charge in [-0.1, -0.05) is 30.3 Å². The minimum Gasteiger partial charge on any atom is -0.497 e. The van der Waals surface area contributed by atoms with Gasteiger partial charge in [-0.05, 0) is 13.0 Å². The van der Waals surface area contributed by atoms with E-state index in [0.29, 0.717) is 22.9 Å². The van der Waals surface area contributed by atoms with E-state index in [1.807, 2.05) is 30.3 Å². The van der Waals surface area contributed by atoms with E-state index >= 15 is 0 Å². The number of rotatable bonds is 6. The minimum atomic E-state index is -0.812. The fourth-order valence-electron chi connectivity index (χ4n) is 2.70. The first-order valence-corrected chi connectivity index (χ1v) is 8.71. The van der Waals surface area contributed by atoms with Crippen molar-refractivity contribution >= 4 is 11.6 Å². The lowest BCUT2D eigenvalue weighted by molar-refractivity contribution is -0.119. The van der Waals surface area contributed by atoms with Gasteiger partial charge < -0.3 is 14.8 Å². The maximum Gasteiger partial charge on any atom is 0.267 e. The molecular weight excluding hydrogens is 358 g/mol. The van der Waals surface area contributed by atoms with E-state index < -0.39 is 6.04 Å². The summed E-state index contributed by atoms with van der Waals surface area (Å²) in [6.45, 7) is 1.62. The zero-order chi connectivity index (χ0) is 20.1. The number of anilines is 1. The van der Waals surface area contributed by atoms with Gasteiger partial charge in [0.15, 0.2) is 0 Å².